The lowest BCUT2D eigenvalue weighted by molar-refractivity contribution is 0.150. The molecule has 0 heterocycles. The van der Waals surface area contributed by atoms with Crippen LogP contribution in [0.3, 0.4) is 0 Å². The van der Waals surface area contributed by atoms with Crippen molar-refractivity contribution in [3.05, 3.63) is 29.1 Å². The summed E-state index contributed by atoms with van der Waals surface area (Å²) in [5.41, 5.74) is 0.344. The minimum Gasteiger partial charge on any atom is -0.507 e. The Morgan fingerprint density at radius 3 is 2.41 bits per heavy atom. The van der Waals surface area contributed by atoms with E-state index in [1.165, 1.54) is 12.1 Å². The Hall–Kier alpha value is -1.13. The van der Waals surface area contributed by atoms with Gasteiger partial charge in [0.2, 0.25) is 0 Å². The Kier molecular flexibility index (Phi) is 3.10. The molecule has 0 atom stereocenters. The lowest BCUT2D eigenvalue weighted by Crippen LogP contribution is -2.14. The second-order valence-electron chi connectivity index (χ2n) is 5.21. The maximum atomic E-state index is 13.4. The van der Waals surface area contributed by atoms with E-state index in [2.05, 4.69) is 0 Å². The Morgan fingerprint density at radius 2 is 1.88 bits per heavy atom. The van der Waals surface area contributed by atoms with E-state index in [-0.39, 0.29) is 11.6 Å². The highest BCUT2D eigenvalue weighted by Gasteiger charge is 2.41. The first kappa shape index (κ1) is 12.3. The summed E-state index contributed by atoms with van der Waals surface area (Å²) in [5.74, 6) is -0.251. The second kappa shape index (κ2) is 4.27. The molecule has 0 unspecified atom stereocenters. The lowest BCUT2D eigenvalue weighted by Gasteiger charge is -2.15. The first-order valence-electron chi connectivity index (χ1n) is 5.77. The molecule has 0 spiro atoms. The quantitative estimate of drug-likeness (QED) is 0.840. The van der Waals surface area contributed by atoms with Crippen molar-refractivity contribution in [1.82, 2.24) is 4.90 Å². The van der Waals surface area contributed by atoms with Gasteiger partial charge in [0.1, 0.15) is 11.6 Å². The molecule has 94 valence electrons. The van der Waals surface area contributed by atoms with E-state index in [0.29, 0.717) is 24.1 Å². The number of phenolic OH excluding ortho intramolecular Hbond substituents is 1. The van der Waals surface area contributed by atoms with Crippen molar-refractivity contribution in [1.29, 1.82) is 0 Å². The van der Waals surface area contributed by atoms with Crippen LogP contribution >= 0.6 is 0 Å². The van der Waals surface area contributed by atoms with Crippen molar-refractivity contribution < 1.29 is 14.6 Å². The summed E-state index contributed by atoms with van der Waals surface area (Å²) in [5, 5.41) is 19.9. The molecule has 0 radical (unpaired) electrons. The van der Waals surface area contributed by atoms with E-state index in [0.717, 1.165) is 12.8 Å². The number of aliphatic hydroxyl groups is 1. The summed E-state index contributed by atoms with van der Waals surface area (Å²) in [7, 11) is 3.72. The topological polar surface area (TPSA) is 43.7 Å². The van der Waals surface area contributed by atoms with E-state index in [9.17, 15) is 14.6 Å². The number of hydrogen-bond donors (Lipinski definition) is 2. The molecular weight excluding hydrogens is 221 g/mol. The smallest absolute Gasteiger partial charge is 0.124 e. The van der Waals surface area contributed by atoms with Crippen LogP contribution in [0.5, 0.6) is 5.75 Å². The van der Waals surface area contributed by atoms with Gasteiger partial charge in [0.05, 0.1) is 5.60 Å². The molecule has 1 aliphatic carbocycles. The predicted molar refractivity (Wildman–Crippen MR) is 63.3 cm³/mol. The van der Waals surface area contributed by atoms with Crippen LogP contribution < -0.4 is 0 Å². The number of nitrogens with zero attached hydrogens (tertiary/aromatic N) is 1. The maximum Gasteiger partial charge on any atom is 0.124 e. The van der Waals surface area contributed by atoms with E-state index in [1.54, 1.807) is 0 Å². The molecule has 0 aliphatic heterocycles. The minimum atomic E-state index is -0.722. The van der Waals surface area contributed by atoms with Crippen LogP contribution in [-0.4, -0.2) is 34.8 Å². The molecule has 1 aliphatic rings. The van der Waals surface area contributed by atoms with Crippen molar-refractivity contribution in [3.63, 3.8) is 0 Å². The highest BCUT2D eigenvalue weighted by atomic mass is 19.1. The van der Waals surface area contributed by atoms with E-state index in [4.69, 9.17) is 0 Å². The fourth-order valence-electron chi connectivity index (χ4n) is 1.99. The molecule has 2 rings (SSSR count). The molecule has 2 N–H and O–H groups in total. The highest BCUT2D eigenvalue weighted by molar-refractivity contribution is 5.42. The van der Waals surface area contributed by atoms with E-state index in [1.807, 2.05) is 19.0 Å². The molecule has 1 aromatic carbocycles. The van der Waals surface area contributed by atoms with Gasteiger partial charge in [-0.1, -0.05) is 0 Å². The number of benzene rings is 1. The van der Waals surface area contributed by atoms with Gasteiger partial charge in [-0.25, -0.2) is 4.39 Å². The molecule has 17 heavy (non-hydrogen) atoms. The Labute approximate surface area is 100 Å². The van der Waals surface area contributed by atoms with E-state index < -0.39 is 5.60 Å². The van der Waals surface area contributed by atoms with Crippen LogP contribution in [0.4, 0.5) is 4.39 Å². The fraction of sp³-hybridized carbons (Fsp3) is 0.538. The van der Waals surface area contributed by atoms with Gasteiger partial charge in [0.25, 0.3) is 0 Å². The van der Waals surface area contributed by atoms with Crippen LogP contribution in [-0.2, 0) is 13.0 Å². The van der Waals surface area contributed by atoms with Crippen molar-refractivity contribution in [2.45, 2.75) is 31.4 Å². The predicted octanol–water partition coefficient (Wildman–Crippen LogP) is 1.66. The van der Waals surface area contributed by atoms with Gasteiger partial charge < -0.3 is 15.1 Å². The Morgan fingerprint density at radius 1 is 1.29 bits per heavy atom. The van der Waals surface area contributed by atoms with Crippen LogP contribution in [0.1, 0.15) is 24.0 Å². The van der Waals surface area contributed by atoms with Gasteiger partial charge >= 0.3 is 0 Å². The van der Waals surface area contributed by atoms with Crippen LogP contribution in [0.25, 0.3) is 0 Å². The SMILES string of the molecule is CN(C)Cc1cc(F)cc(CC2(O)CC2)c1O. The molecule has 0 amide bonds. The zero-order valence-corrected chi connectivity index (χ0v) is 10.2. The van der Waals surface area contributed by atoms with E-state index >= 15 is 0 Å². The number of phenols is 1. The monoisotopic (exact) mass is 239 g/mol. The molecule has 1 saturated carbocycles. The van der Waals surface area contributed by atoms with Gasteiger partial charge in [-0.15, -0.1) is 0 Å². The van der Waals surface area contributed by atoms with Crippen molar-refractivity contribution in [2.75, 3.05) is 14.1 Å². The van der Waals surface area contributed by atoms with Crippen LogP contribution in [0.15, 0.2) is 12.1 Å². The Balaban J connectivity index is 2.28. The summed E-state index contributed by atoms with van der Waals surface area (Å²) in [6.45, 7) is 0.481. The standard InChI is InChI=1S/C13H18FNO2/c1-15(2)8-10-6-11(14)5-9(12(10)16)7-13(17)3-4-13/h5-6,16-17H,3-4,7-8H2,1-2H3. The lowest BCUT2D eigenvalue weighted by atomic mass is 10.0. The molecular formula is C13H18FNO2. The molecule has 3 nitrogen and oxygen atoms in total. The summed E-state index contributed by atoms with van der Waals surface area (Å²) in [6.07, 6.45) is 1.79. The van der Waals surface area contributed by atoms with Crippen LogP contribution in [0.2, 0.25) is 0 Å². The zero-order valence-electron chi connectivity index (χ0n) is 10.2. The minimum absolute atomic E-state index is 0.112. The highest BCUT2D eigenvalue weighted by Crippen LogP contribution is 2.40. The van der Waals surface area contributed by atoms with Crippen molar-refractivity contribution >= 4 is 0 Å². The number of hydrogen-bond acceptors (Lipinski definition) is 3. The third-order valence-corrected chi connectivity index (χ3v) is 3.07. The summed E-state index contributed by atoms with van der Waals surface area (Å²) >= 11 is 0. The molecule has 4 heteroatoms. The zero-order chi connectivity index (χ0) is 12.6. The first-order valence-corrected chi connectivity index (χ1v) is 5.77. The van der Waals surface area contributed by atoms with Gasteiger partial charge in [-0.2, -0.15) is 0 Å². The molecule has 0 saturated heterocycles. The first-order chi connectivity index (χ1) is 7.89. The van der Waals surface area contributed by atoms with Gasteiger partial charge in [0.15, 0.2) is 0 Å². The summed E-state index contributed by atoms with van der Waals surface area (Å²) < 4.78 is 13.4. The summed E-state index contributed by atoms with van der Waals surface area (Å²) in [6, 6.07) is 2.65. The Bertz CT molecular complexity index is 428. The van der Waals surface area contributed by atoms with Gasteiger partial charge in [-0.3, -0.25) is 0 Å². The second-order valence-corrected chi connectivity index (χ2v) is 5.21. The molecule has 0 aromatic heterocycles. The van der Waals surface area contributed by atoms with Gasteiger partial charge in [-0.05, 0) is 44.6 Å². The average molecular weight is 239 g/mol. The largest absolute Gasteiger partial charge is 0.507 e. The molecule has 0 bridgehead atoms. The van der Waals surface area contributed by atoms with Gasteiger partial charge in [0, 0.05) is 18.5 Å². The third kappa shape index (κ3) is 2.96. The molecule has 1 aromatic rings. The fourth-order valence-corrected chi connectivity index (χ4v) is 1.99. The van der Waals surface area contributed by atoms with Crippen molar-refractivity contribution in [3.8, 4) is 5.75 Å². The summed E-state index contributed by atoms with van der Waals surface area (Å²) in [4.78, 5) is 1.87. The van der Waals surface area contributed by atoms with Crippen molar-refractivity contribution in [2.24, 2.45) is 0 Å². The third-order valence-electron chi connectivity index (χ3n) is 3.07. The average Bonchev–Trinajstić information content (AvgIpc) is 2.90. The number of aromatic hydroxyl groups is 1. The number of rotatable bonds is 4. The maximum absolute atomic E-state index is 13.4. The number of halogens is 1. The molecule has 1 fully saturated rings. The van der Waals surface area contributed by atoms with Crippen LogP contribution in [0, 0.1) is 5.82 Å². The normalized spacial score (nSPS) is 17.5.